The average Bonchev–Trinajstić information content (AvgIpc) is 2.34. The van der Waals surface area contributed by atoms with E-state index in [4.69, 9.17) is 16.7 Å². The van der Waals surface area contributed by atoms with Crippen LogP contribution >= 0.6 is 11.6 Å². The van der Waals surface area contributed by atoms with Crippen molar-refractivity contribution in [2.45, 2.75) is 20.3 Å². The van der Waals surface area contributed by atoms with Gasteiger partial charge < -0.3 is 10.2 Å². The number of halogens is 1. The molecule has 0 atom stereocenters. The predicted octanol–water partition coefficient (Wildman–Crippen LogP) is 0.462. The first-order valence-electron chi connectivity index (χ1n) is 6.26. The van der Waals surface area contributed by atoms with Gasteiger partial charge in [-0.15, -0.1) is 0 Å². The van der Waals surface area contributed by atoms with Gasteiger partial charge >= 0.3 is 0 Å². The van der Waals surface area contributed by atoms with Crippen LogP contribution in [0.25, 0.3) is 0 Å². The Morgan fingerprint density at radius 2 is 1.90 bits per heavy atom. The van der Waals surface area contributed by atoms with Crippen LogP contribution in [0.15, 0.2) is 0 Å². The summed E-state index contributed by atoms with van der Waals surface area (Å²) < 4.78 is 21.6. The maximum absolute atomic E-state index is 10.8. The molecule has 0 saturated heterocycles. The van der Waals surface area contributed by atoms with E-state index in [-0.39, 0.29) is 11.0 Å². The normalized spacial score (nSPS) is 11.4. The average molecular weight is 323 g/mol. The fraction of sp³-hybridized carbons (Fsp3) is 0.700. The molecule has 1 aromatic heterocycles. The van der Waals surface area contributed by atoms with E-state index in [2.05, 4.69) is 20.3 Å². The van der Waals surface area contributed by atoms with Crippen molar-refractivity contribution in [3.63, 3.8) is 0 Å². The highest BCUT2D eigenvalue weighted by molar-refractivity contribution is 7.89. The monoisotopic (exact) mass is 322 g/mol. The molecule has 0 aliphatic rings. The van der Waals surface area contributed by atoms with Crippen molar-refractivity contribution in [2.75, 3.05) is 35.6 Å². The quantitative estimate of drug-likeness (QED) is 0.668. The molecule has 0 aliphatic carbocycles. The summed E-state index contributed by atoms with van der Waals surface area (Å²) in [5, 5.41) is 7.92. The first kappa shape index (κ1) is 16.9. The zero-order valence-electron chi connectivity index (χ0n) is 11.5. The Morgan fingerprint density at radius 3 is 2.45 bits per heavy atom. The fourth-order valence-corrected chi connectivity index (χ4v) is 2.24. The van der Waals surface area contributed by atoms with Gasteiger partial charge in [0, 0.05) is 19.6 Å². The maximum atomic E-state index is 10.8. The van der Waals surface area contributed by atoms with Gasteiger partial charge in [-0.3, -0.25) is 0 Å². The van der Waals surface area contributed by atoms with Gasteiger partial charge in [0.25, 0.3) is 0 Å². The molecule has 114 valence electrons. The third-order valence-electron chi connectivity index (χ3n) is 2.53. The maximum Gasteiger partial charge on any atom is 0.231 e. The Labute approximate surface area is 123 Å². The van der Waals surface area contributed by atoms with Gasteiger partial charge in [0.2, 0.25) is 27.2 Å². The number of aromatic nitrogens is 3. The van der Waals surface area contributed by atoms with E-state index in [1.165, 1.54) is 0 Å². The molecule has 3 N–H and O–H groups in total. The van der Waals surface area contributed by atoms with Crippen LogP contribution in [0.4, 0.5) is 11.9 Å². The first-order valence-corrected chi connectivity index (χ1v) is 8.36. The summed E-state index contributed by atoms with van der Waals surface area (Å²) in [5.74, 6) is 0.715. The van der Waals surface area contributed by atoms with Crippen LogP contribution in [0.3, 0.4) is 0 Å². The number of hydrogen-bond acceptors (Lipinski definition) is 7. The summed E-state index contributed by atoms with van der Waals surface area (Å²) in [7, 11) is -3.44. The largest absolute Gasteiger partial charge is 0.354 e. The van der Waals surface area contributed by atoms with Crippen molar-refractivity contribution in [2.24, 2.45) is 5.14 Å². The van der Waals surface area contributed by atoms with Gasteiger partial charge in [0.05, 0.1) is 5.75 Å². The Morgan fingerprint density at radius 1 is 1.25 bits per heavy atom. The van der Waals surface area contributed by atoms with Gasteiger partial charge in [-0.1, -0.05) is 0 Å². The Kier molecular flexibility index (Phi) is 6.37. The summed E-state index contributed by atoms with van der Waals surface area (Å²) in [6.07, 6.45) is 0.364. The number of primary sulfonamides is 1. The van der Waals surface area contributed by atoms with E-state index < -0.39 is 10.0 Å². The van der Waals surface area contributed by atoms with E-state index in [9.17, 15) is 8.42 Å². The highest BCUT2D eigenvalue weighted by atomic mass is 35.5. The number of rotatable bonds is 8. The summed E-state index contributed by atoms with van der Waals surface area (Å²) in [4.78, 5) is 14.2. The molecule has 0 fully saturated rings. The number of nitrogens with one attached hydrogen (secondary N) is 1. The molecule has 0 radical (unpaired) electrons. The Hall–Kier alpha value is -1.19. The third-order valence-corrected chi connectivity index (χ3v) is 3.56. The standard InChI is InChI=1S/C10H19ClN6O2S/c1-3-17(4-2)10-15-8(11)14-9(16-10)13-6-5-7-20(12,18)19/h3-7H2,1-2H3,(H2,12,18,19)(H,13,14,15,16). The second kappa shape index (κ2) is 7.55. The highest BCUT2D eigenvalue weighted by Gasteiger charge is 2.10. The van der Waals surface area contributed by atoms with Crippen molar-refractivity contribution < 1.29 is 8.42 Å². The lowest BCUT2D eigenvalue weighted by Gasteiger charge is -2.18. The van der Waals surface area contributed by atoms with Crippen LogP contribution in [0.5, 0.6) is 0 Å². The molecular formula is C10H19ClN6O2S. The number of hydrogen-bond donors (Lipinski definition) is 2. The van der Waals surface area contributed by atoms with Gasteiger partial charge in [0.15, 0.2) is 0 Å². The number of nitrogens with two attached hydrogens (primary N) is 1. The molecule has 20 heavy (non-hydrogen) atoms. The SMILES string of the molecule is CCN(CC)c1nc(Cl)nc(NCCCS(N)(=O)=O)n1. The van der Waals surface area contributed by atoms with E-state index in [0.29, 0.717) is 24.9 Å². The van der Waals surface area contributed by atoms with Crippen molar-refractivity contribution in [1.29, 1.82) is 0 Å². The summed E-state index contributed by atoms with van der Waals surface area (Å²) in [6, 6.07) is 0. The van der Waals surface area contributed by atoms with Crippen LogP contribution in [0.1, 0.15) is 20.3 Å². The molecule has 1 aromatic rings. The fourth-order valence-electron chi connectivity index (χ4n) is 1.54. The number of nitrogens with zero attached hydrogens (tertiary/aromatic N) is 4. The molecule has 0 bridgehead atoms. The van der Waals surface area contributed by atoms with E-state index in [0.717, 1.165) is 13.1 Å². The van der Waals surface area contributed by atoms with Gasteiger partial charge in [-0.25, -0.2) is 13.6 Å². The zero-order valence-corrected chi connectivity index (χ0v) is 13.1. The van der Waals surface area contributed by atoms with Crippen molar-refractivity contribution >= 4 is 33.5 Å². The van der Waals surface area contributed by atoms with Crippen molar-refractivity contribution in [3.8, 4) is 0 Å². The lowest BCUT2D eigenvalue weighted by Crippen LogP contribution is -2.25. The number of anilines is 2. The molecule has 8 nitrogen and oxygen atoms in total. The summed E-state index contributed by atoms with van der Waals surface area (Å²) >= 11 is 5.85. The molecule has 0 unspecified atom stereocenters. The molecule has 1 rings (SSSR count). The van der Waals surface area contributed by atoms with Crippen LogP contribution in [0, 0.1) is 0 Å². The lowest BCUT2D eigenvalue weighted by molar-refractivity contribution is 0.595. The summed E-state index contributed by atoms with van der Waals surface area (Å²) in [5.41, 5.74) is 0. The van der Waals surface area contributed by atoms with Crippen LogP contribution in [0.2, 0.25) is 5.28 Å². The van der Waals surface area contributed by atoms with Crippen molar-refractivity contribution in [1.82, 2.24) is 15.0 Å². The molecule has 0 aromatic carbocycles. The second-order valence-corrected chi connectivity index (χ2v) is 6.12. The molecule has 0 amide bonds. The Bertz CT molecular complexity index is 535. The van der Waals surface area contributed by atoms with Gasteiger partial charge in [-0.2, -0.15) is 15.0 Å². The van der Waals surface area contributed by atoms with Crippen LogP contribution in [-0.4, -0.2) is 48.8 Å². The molecule has 0 aliphatic heterocycles. The van der Waals surface area contributed by atoms with Crippen molar-refractivity contribution in [3.05, 3.63) is 5.28 Å². The predicted molar refractivity (Wildman–Crippen MR) is 79.5 cm³/mol. The molecule has 0 spiro atoms. The van der Waals surface area contributed by atoms with Crippen LogP contribution in [-0.2, 0) is 10.0 Å². The molecule has 10 heteroatoms. The van der Waals surface area contributed by atoms with Gasteiger partial charge in [-0.05, 0) is 31.9 Å². The first-order chi connectivity index (χ1) is 9.35. The lowest BCUT2D eigenvalue weighted by atomic mass is 10.5. The Balaban J connectivity index is 2.66. The minimum absolute atomic E-state index is 0.0934. The third kappa shape index (κ3) is 5.85. The zero-order chi connectivity index (χ0) is 15.2. The van der Waals surface area contributed by atoms with E-state index >= 15 is 0 Å². The van der Waals surface area contributed by atoms with Gasteiger partial charge in [0.1, 0.15) is 0 Å². The molecular weight excluding hydrogens is 304 g/mol. The second-order valence-electron chi connectivity index (χ2n) is 4.05. The number of sulfonamides is 1. The smallest absolute Gasteiger partial charge is 0.231 e. The molecule has 0 saturated carbocycles. The molecule has 1 heterocycles. The summed E-state index contributed by atoms with van der Waals surface area (Å²) in [6.45, 7) is 5.86. The van der Waals surface area contributed by atoms with E-state index in [1.54, 1.807) is 0 Å². The van der Waals surface area contributed by atoms with E-state index in [1.807, 2.05) is 18.7 Å². The van der Waals surface area contributed by atoms with Crippen LogP contribution < -0.4 is 15.4 Å². The topological polar surface area (TPSA) is 114 Å². The minimum Gasteiger partial charge on any atom is -0.354 e. The minimum atomic E-state index is -3.44. The highest BCUT2D eigenvalue weighted by Crippen LogP contribution is 2.13.